The molecule has 1 N–H and O–H groups in total. The third-order valence-corrected chi connectivity index (χ3v) is 3.00. The van der Waals surface area contributed by atoms with Crippen molar-refractivity contribution in [3.63, 3.8) is 0 Å². The van der Waals surface area contributed by atoms with Crippen LogP contribution in [0.2, 0.25) is 0 Å². The van der Waals surface area contributed by atoms with E-state index >= 15 is 0 Å². The predicted octanol–water partition coefficient (Wildman–Crippen LogP) is 4.26. The van der Waals surface area contributed by atoms with E-state index < -0.39 is 11.9 Å². The molecule has 0 saturated heterocycles. The van der Waals surface area contributed by atoms with E-state index in [1.54, 1.807) is 18.2 Å². The summed E-state index contributed by atoms with van der Waals surface area (Å²) in [5.41, 5.74) is 0.679. The minimum atomic E-state index is -4.36. The van der Waals surface area contributed by atoms with Gasteiger partial charge >= 0.3 is 6.18 Å². The van der Waals surface area contributed by atoms with E-state index in [1.807, 2.05) is 6.92 Å². The maximum atomic E-state index is 12.5. The number of nitrogens with one attached hydrogen (secondary N) is 1. The van der Waals surface area contributed by atoms with Gasteiger partial charge in [0.2, 0.25) is 0 Å². The summed E-state index contributed by atoms with van der Waals surface area (Å²) in [6.07, 6.45) is -4.36. The van der Waals surface area contributed by atoms with E-state index in [0.717, 1.165) is 5.56 Å². The first kappa shape index (κ1) is 10.5. The van der Waals surface area contributed by atoms with Crippen LogP contribution < -0.4 is 0 Å². The van der Waals surface area contributed by atoms with Gasteiger partial charge in [0.1, 0.15) is 5.69 Å². The average Bonchev–Trinajstić information content (AvgIpc) is 2.43. The third kappa shape index (κ3) is 1.76. The second-order valence-electron chi connectivity index (χ2n) is 3.36. The van der Waals surface area contributed by atoms with Crippen LogP contribution in [0.5, 0.6) is 0 Å². The molecule has 5 heteroatoms. The lowest BCUT2D eigenvalue weighted by Crippen LogP contribution is -2.05. The summed E-state index contributed by atoms with van der Waals surface area (Å²) >= 11 is 2.97. The van der Waals surface area contributed by atoms with Crippen molar-refractivity contribution in [1.29, 1.82) is 0 Å². The lowest BCUT2D eigenvalue weighted by molar-refractivity contribution is -0.141. The van der Waals surface area contributed by atoms with Crippen LogP contribution in [-0.4, -0.2) is 4.98 Å². The van der Waals surface area contributed by atoms with E-state index in [9.17, 15) is 13.2 Å². The number of benzene rings is 1. The Morgan fingerprint density at radius 3 is 2.53 bits per heavy atom. The lowest BCUT2D eigenvalue weighted by Gasteiger charge is -2.03. The Kier molecular flexibility index (Phi) is 2.30. The van der Waals surface area contributed by atoms with Crippen LogP contribution in [0.25, 0.3) is 10.9 Å². The molecule has 0 fully saturated rings. The van der Waals surface area contributed by atoms with Gasteiger partial charge in [0, 0.05) is 10.9 Å². The molecule has 0 aliphatic carbocycles. The SMILES string of the molecule is Cc1ccc2[nH]c(C(F)(F)F)c(Br)c2c1. The molecular formula is C10H7BrF3N. The fourth-order valence-corrected chi connectivity index (χ4v) is 2.12. The summed E-state index contributed by atoms with van der Waals surface area (Å²) in [7, 11) is 0. The van der Waals surface area contributed by atoms with Crippen molar-refractivity contribution in [2.45, 2.75) is 13.1 Å². The molecule has 0 spiro atoms. The highest BCUT2D eigenvalue weighted by molar-refractivity contribution is 9.10. The quantitative estimate of drug-likeness (QED) is 0.741. The topological polar surface area (TPSA) is 15.8 Å². The average molecular weight is 278 g/mol. The Bertz CT molecular complexity index is 513. The van der Waals surface area contributed by atoms with Crippen LogP contribution >= 0.6 is 15.9 Å². The van der Waals surface area contributed by atoms with E-state index in [-0.39, 0.29) is 4.47 Å². The van der Waals surface area contributed by atoms with Gasteiger partial charge in [-0.05, 0) is 35.0 Å². The van der Waals surface area contributed by atoms with Crippen LogP contribution in [0, 0.1) is 6.92 Å². The summed E-state index contributed by atoms with van der Waals surface area (Å²) in [4.78, 5) is 2.36. The number of halogens is 4. The molecule has 0 radical (unpaired) electrons. The van der Waals surface area contributed by atoms with Crippen molar-refractivity contribution in [2.24, 2.45) is 0 Å². The van der Waals surface area contributed by atoms with Gasteiger partial charge in [-0.2, -0.15) is 13.2 Å². The molecule has 1 aromatic heterocycles. The molecular weight excluding hydrogens is 271 g/mol. The van der Waals surface area contributed by atoms with Crippen molar-refractivity contribution in [2.75, 3.05) is 0 Å². The maximum Gasteiger partial charge on any atom is 0.432 e. The predicted molar refractivity (Wildman–Crippen MR) is 55.7 cm³/mol. The molecule has 1 aromatic carbocycles. The summed E-state index contributed by atoms with van der Waals surface area (Å²) in [5.74, 6) is 0. The number of aryl methyl sites for hydroxylation is 1. The molecule has 0 aliphatic rings. The summed E-state index contributed by atoms with van der Waals surface area (Å²) in [5, 5.41) is 0.558. The molecule has 1 heterocycles. The largest absolute Gasteiger partial charge is 0.432 e. The van der Waals surface area contributed by atoms with Gasteiger partial charge in [0.15, 0.2) is 0 Å². The molecule has 1 nitrogen and oxygen atoms in total. The highest BCUT2D eigenvalue weighted by Gasteiger charge is 2.35. The van der Waals surface area contributed by atoms with Gasteiger partial charge < -0.3 is 4.98 Å². The number of aromatic nitrogens is 1. The second kappa shape index (κ2) is 3.27. The second-order valence-corrected chi connectivity index (χ2v) is 4.15. The molecule has 80 valence electrons. The van der Waals surface area contributed by atoms with Gasteiger partial charge in [-0.25, -0.2) is 0 Å². The number of H-pyrrole nitrogens is 1. The molecule has 0 atom stereocenters. The fourth-order valence-electron chi connectivity index (χ4n) is 1.47. The number of hydrogen-bond acceptors (Lipinski definition) is 0. The van der Waals surface area contributed by atoms with Crippen molar-refractivity contribution >= 4 is 26.8 Å². The van der Waals surface area contributed by atoms with Gasteiger partial charge in [-0.15, -0.1) is 0 Å². The van der Waals surface area contributed by atoms with Crippen LogP contribution in [0.15, 0.2) is 22.7 Å². The number of alkyl halides is 3. The molecule has 0 bridgehead atoms. The van der Waals surface area contributed by atoms with Crippen molar-refractivity contribution in [3.8, 4) is 0 Å². The first-order chi connectivity index (χ1) is 6.89. The Balaban J connectivity index is 2.76. The minimum Gasteiger partial charge on any atom is -0.350 e. The highest BCUT2D eigenvalue weighted by atomic mass is 79.9. The van der Waals surface area contributed by atoms with Crippen molar-refractivity contribution < 1.29 is 13.2 Å². The molecule has 0 amide bonds. The van der Waals surface area contributed by atoms with Gasteiger partial charge in [-0.1, -0.05) is 11.6 Å². The third-order valence-electron chi connectivity index (χ3n) is 2.17. The molecule has 0 aliphatic heterocycles. The van der Waals surface area contributed by atoms with Crippen LogP contribution in [-0.2, 0) is 6.18 Å². The minimum absolute atomic E-state index is 0.0775. The monoisotopic (exact) mass is 277 g/mol. The van der Waals surface area contributed by atoms with Gasteiger partial charge in [0.05, 0.1) is 4.47 Å². The number of rotatable bonds is 0. The van der Waals surface area contributed by atoms with Crippen LogP contribution in [0.4, 0.5) is 13.2 Å². The molecule has 2 aromatic rings. The Morgan fingerprint density at radius 1 is 1.27 bits per heavy atom. The number of aromatic amines is 1. The fraction of sp³-hybridized carbons (Fsp3) is 0.200. The molecule has 0 unspecified atom stereocenters. The summed E-state index contributed by atoms with van der Waals surface area (Å²) < 4.78 is 37.7. The Morgan fingerprint density at radius 2 is 1.93 bits per heavy atom. The van der Waals surface area contributed by atoms with Crippen LogP contribution in [0.1, 0.15) is 11.3 Å². The Hall–Kier alpha value is -0.970. The zero-order chi connectivity index (χ0) is 11.2. The first-order valence-corrected chi connectivity index (χ1v) is 5.04. The zero-order valence-electron chi connectivity index (χ0n) is 7.74. The van der Waals surface area contributed by atoms with E-state index in [0.29, 0.717) is 10.9 Å². The summed E-state index contributed by atoms with van der Waals surface area (Å²) in [6, 6.07) is 5.13. The first-order valence-electron chi connectivity index (χ1n) is 4.24. The normalized spacial score (nSPS) is 12.3. The number of hydrogen-bond donors (Lipinski definition) is 1. The molecule has 2 rings (SSSR count). The smallest absolute Gasteiger partial charge is 0.350 e. The zero-order valence-corrected chi connectivity index (χ0v) is 9.33. The van der Waals surface area contributed by atoms with Gasteiger partial charge in [0.25, 0.3) is 0 Å². The van der Waals surface area contributed by atoms with E-state index in [1.165, 1.54) is 0 Å². The van der Waals surface area contributed by atoms with E-state index in [4.69, 9.17) is 0 Å². The Labute approximate surface area is 92.4 Å². The number of fused-ring (bicyclic) bond motifs is 1. The van der Waals surface area contributed by atoms with Crippen LogP contribution in [0.3, 0.4) is 0 Å². The molecule has 0 saturated carbocycles. The van der Waals surface area contributed by atoms with Crippen molar-refractivity contribution in [3.05, 3.63) is 33.9 Å². The van der Waals surface area contributed by atoms with E-state index in [2.05, 4.69) is 20.9 Å². The van der Waals surface area contributed by atoms with Gasteiger partial charge in [-0.3, -0.25) is 0 Å². The maximum absolute atomic E-state index is 12.5. The standard InChI is InChI=1S/C10H7BrF3N/c1-5-2-3-7-6(4-5)8(11)9(15-7)10(12,13)14/h2-4,15H,1H3. The van der Waals surface area contributed by atoms with Crippen molar-refractivity contribution in [1.82, 2.24) is 4.98 Å². The summed E-state index contributed by atoms with van der Waals surface area (Å²) in [6.45, 7) is 1.84. The lowest BCUT2D eigenvalue weighted by atomic mass is 10.2. The highest BCUT2D eigenvalue weighted by Crippen LogP contribution is 2.38. The molecule has 15 heavy (non-hydrogen) atoms.